The van der Waals surface area contributed by atoms with E-state index >= 15 is 0 Å². The fourth-order valence-corrected chi connectivity index (χ4v) is 1.80. The molecule has 0 saturated heterocycles. The lowest BCUT2D eigenvalue weighted by atomic mass is 10.2. The van der Waals surface area contributed by atoms with Crippen molar-refractivity contribution in [1.29, 1.82) is 0 Å². The summed E-state index contributed by atoms with van der Waals surface area (Å²) in [5.74, 6) is -0.130. The Bertz CT molecular complexity index is 544. The van der Waals surface area contributed by atoms with Crippen LogP contribution in [0.2, 0.25) is 5.02 Å². The van der Waals surface area contributed by atoms with Crippen LogP contribution in [0.1, 0.15) is 0 Å². The van der Waals surface area contributed by atoms with Gasteiger partial charge in [-0.1, -0.05) is 33.6 Å². The van der Waals surface area contributed by atoms with Gasteiger partial charge in [-0.2, -0.15) is 0 Å². The number of anilines is 1. The number of benzene rings is 1. The second kappa shape index (κ2) is 4.80. The highest BCUT2D eigenvalue weighted by atomic mass is 79.9. The molecule has 3 nitrogen and oxygen atoms in total. The van der Waals surface area contributed by atoms with Crippen molar-refractivity contribution in [2.24, 2.45) is 0 Å². The van der Waals surface area contributed by atoms with E-state index in [9.17, 15) is 4.79 Å². The SMILES string of the molecule is O=C(CBr)Nc1cc(Cl)cc2cccnc12. The molecule has 0 spiro atoms. The summed E-state index contributed by atoms with van der Waals surface area (Å²) in [6.07, 6.45) is 1.68. The molecule has 0 atom stereocenters. The Morgan fingerprint density at radius 1 is 1.50 bits per heavy atom. The number of carbonyl (C=O) groups is 1. The van der Waals surface area contributed by atoms with E-state index in [4.69, 9.17) is 11.6 Å². The highest BCUT2D eigenvalue weighted by molar-refractivity contribution is 9.09. The molecule has 2 aromatic rings. The van der Waals surface area contributed by atoms with Crippen LogP contribution in [0, 0.1) is 0 Å². The second-order valence-corrected chi connectivity index (χ2v) is 4.21. The van der Waals surface area contributed by atoms with Crippen molar-refractivity contribution in [2.45, 2.75) is 0 Å². The van der Waals surface area contributed by atoms with E-state index in [2.05, 4.69) is 26.2 Å². The molecule has 0 fully saturated rings. The standard InChI is InChI=1S/C11H8BrClN2O/c12-6-10(16)15-9-5-8(13)4-7-2-1-3-14-11(7)9/h1-5H,6H2,(H,15,16). The first-order valence-electron chi connectivity index (χ1n) is 4.61. The number of nitrogens with zero attached hydrogens (tertiary/aromatic N) is 1. The average molecular weight is 300 g/mol. The zero-order valence-electron chi connectivity index (χ0n) is 8.21. The topological polar surface area (TPSA) is 42.0 Å². The van der Waals surface area contributed by atoms with Crippen molar-refractivity contribution in [3.05, 3.63) is 35.5 Å². The lowest BCUT2D eigenvalue weighted by Crippen LogP contribution is -2.12. The van der Waals surface area contributed by atoms with Gasteiger partial charge in [0.05, 0.1) is 16.5 Å². The fourth-order valence-electron chi connectivity index (χ4n) is 1.43. The maximum Gasteiger partial charge on any atom is 0.235 e. The molecule has 1 heterocycles. The van der Waals surface area contributed by atoms with Crippen LogP contribution >= 0.6 is 27.5 Å². The number of alkyl halides is 1. The number of nitrogens with one attached hydrogen (secondary N) is 1. The van der Waals surface area contributed by atoms with E-state index in [1.165, 1.54) is 0 Å². The summed E-state index contributed by atoms with van der Waals surface area (Å²) in [6, 6.07) is 7.23. The second-order valence-electron chi connectivity index (χ2n) is 3.21. The number of rotatable bonds is 2. The summed E-state index contributed by atoms with van der Waals surface area (Å²) in [4.78, 5) is 15.5. The Morgan fingerprint density at radius 3 is 3.06 bits per heavy atom. The maximum atomic E-state index is 11.3. The Labute approximate surface area is 106 Å². The largest absolute Gasteiger partial charge is 0.323 e. The minimum atomic E-state index is -0.130. The highest BCUT2D eigenvalue weighted by Gasteiger charge is 2.06. The minimum Gasteiger partial charge on any atom is -0.323 e. The molecule has 0 bridgehead atoms. The van der Waals surface area contributed by atoms with Gasteiger partial charge in [0.1, 0.15) is 0 Å². The molecule has 82 valence electrons. The first-order chi connectivity index (χ1) is 7.70. The van der Waals surface area contributed by atoms with E-state index in [-0.39, 0.29) is 11.2 Å². The van der Waals surface area contributed by atoms with Gasteiger partial charge >= 0.3 is 0 Å². The molecule has 5 heteroatoms. The predicted molar refractivity (Wildman–Crippen MR) is 69.2 cm³/mol. The number of amides is 1. The number of hydrogen-bond donors (Lipinski definition) is 1. The molecule has 16 heavy (non-hydrogen) atoms. The van der Waals surface area contributed by atoms with E-state index in [1.807, 2.05) is 18.2 Å². The van der Waals surface area contributed by atoms with Gasteiger partial charge in [-0.05, 0) is 18.2 Å². The van der Waals surface area contributed by atoms with Crippen LogP contribution in [0.25, 0.3) is 10.9 Å². The van der Waals surface area contributed by atoms with Gasteiger partial charge in [-0.15, -0.1) is 0 Å². The number of hydrogen-bond acceptors (Lipinski definition) is 2. The molecule has 1 amide bonds. The van der Waals surface area contributed by atoms with Gasteiger partial charge in [0.15, 0.2) is 0 Å². The third-order valence-electron chi connectivity index (χ3n) is 2.07. The zero-order valence-corrected chi connectivity index (χ0v) is 10.5. The molecule has 0 aliphatic carbocycles. The first kappa shape index (κ1) is 11.4. The number of pyridine rings is 1. The van der Waals surface area contributed by atoms with Crippen LogP contribution < -0.4 is 5.32 Å². The maximum absolute atomic E-state index is 11.3. The van der Waals surface area contributed by atoms with Crippen molar-refractivity contribution in [1.82, 2.24) is 4.98 Å². The average Bonchev–Trinajstić information content (AvgIpc) is 2.28. The monoisotopic (exact) mass is 298 g/mol. The summed E-state index contributed by atoms with van der Waals surface area (Å²) >= 11 is 9.05. The smallest absolute Gasteiger partial charge is 0.235 e. The van der Waals surface area contributed by atoms with Crippen molar-refractivity contribution in [3.8, 4) is 0 Å². The third-order valence-corrected chi connectivity index (χ3v) is 2.79. The third kappa shape index (κ3) is 2.33. The Balaban J connectivity index is 2.54. The lowest BCUT2D eigenvalue weighted by Gasteiger charge is -2.07. The van der Waals surface area contributed by atoms with Crippen LogP contribution in [0.15, 0.2) is 30.5 Å². The van der Waals surface area contributed by atoms with Crippen LogP contribution in [0.4, 0.5) is 5.69 Å². The number of fused-ring (bicyclic) bond motifs is 1. The van der Waals surface area contributed by atoms with Gasteiger partial charge in [0.25, 0.3) is 0 Å². The molecule has 0 aliphatic rings. The van der Waals surface area contributed by atoms with E-state index < -0.39 is 0 Å². The molecular weight excluding hydrogens is 291 g/mol. The summed E-state index contributed by atoms with van der Waals surface area (Å²) in [7, 11) is 0. The van der Waals surface area contributed by atoms with Gasteiger partial charge < -0.3 is 5.32 Å². The Hall–Kier alpha value is -1.13. The molecule has 1 aromatic carbocycles. The minimum absolute atomic E-state index is 0.130. The van der Waals surface area contributed by atoms with Crippen molar-refractivity contribution < 1.29 is 4.79 Å². The molecule has 1 aromatic heterocycles. The van der Waals surface area contributed by atoms with Crippen LogP contribution in [-0.4, -0.2) is 16.2 Å². The lowest BCUT2D eigenvalue weighted by molar-refractivity contribution is -0.113. The first-order valence-corrected chi connectivity index (χ1v) is 6.11. The van der Waals surface area contributed by atoms with Gasteiger partial charge in [-0.3, -0.25) is 9.78 Å². The quantitative estimate of drug-likeness (QED) is 0.865. The van der Waals surface area contributed by atoms with E-state index in [0.29, 0.717) is 10.7 Å². The van der Waals surface area contributed by atoms with Gasteiger partial charge in [-0.25, -0.2) is 0 Å². The van der Waals surface area contributed by atoms with Crippen molar-refractivity contribution in [2.75, 3.05) is 10.6 Å². The van der Waals surface area contributed by atoms with Gasteiger partial charge in [0, 0.05) is 16.6 Å². The van der Waals surface area contributed by atoms with Gasteiger partial charge in [0.2, 0.25) is 5.91 Å². The Morgan fingerprint density at radius 2 is 2.31 bits per heavy atom. The van der Waals surface area contributed by atoms with E-state index in [0.717, 1.165) is 10.9 Å². The van der Waals surface area contributed by atoms with Crippen molar-refractivity contribution in [3.63, 3.8) is 0 Å². The molecule has 0 saturated carbocycles. The van der Waals surface area contributed by atoms with Crippen LogP contribution in [0.3, 0.4) is 0 Å². The Kier molecular flexibility index (Phi) is 3.41. The predicted octanol–water partition coefficient (Wildman–Crippen LogP) is 3.22. The van der Waals surface area contributed by atoms with E-state index in [1.54, 1.807) is 12.3 Å². The summed E-state index contributed by atoms with van der Waals surface area (Å²) in [5.41, 5.74) is 1.37. The van der Waals surface area contributed by atoms with Crippen LogP contribution in [0.5, 0.6) is 0 Å². The normalized spacial score (nSPS) is 10.4. The fraction of sp³-hybridized carbons (Fsp3) is 0.0909. The summed E-state index contributed by atoms with van der Waals surface area (Å²) in [6.45, 7) is 0. The number of halogens is 2. The molecule has 2 rings (SSSR count). The molecule has 0 unspecified atom stereocenters. The molecular formula is C11H8BrClN2O. The molecule has 0 radical (unpaired) electrons. The van der Waals surface area contributed by atoms with Crippen molar-refractivity contribution >= 4 is 50.0 Å². The summed E-state index contributed by atoms with van der Waals surface area (Å²) in [5, 5.41) is 4.46. The molecule has 0 aliphatic heterocycles. The highest BCUT2D eigenvalue weighted by Crippen LogP contribution is 2.26. The summed E-state index contributed by atoms with van der Waals surface area (Å²) < 4.78 is 0. The zero-order chi connectivity index (χ0) is 11.5. The number of carbonyl (C=O) groups excluding carboxylic acids is 1. The molecule has 1 N–H and O–H groups in total. The van der Waals surface area contributed by atoms with Crippen LogP contribution in [-0.2, 0) is 4.79 Å². The number of aromatic nitrogens is 1.